The van der Waals surface area contributed by atoms with Crippen LogP contribution in [-0.4, -0.2) is 53.2 Å². The van der Waals surface area contributed by atoms with Gasteiger partial charge in [-0.1, -0.05) is 31.2 Å². The SMILES string of the molecule is CCCn1c(CN2Cc3ccccc3CC2C(N)=O)nc2cc(S(=O)(=O)N(C)C)ccc21. The fraction of sp³-hybridized carbons (Fsp3) is 0.391. The van der Waals surface area contributed by atoms with Gasteiger partial charge in [0.05, 0.1) is 28.5 Å². The molecule has 1 aliphatic heterocycles. The Morgan fingerprint density at radius 2 is 1.91 bits per heavy atom. The van der Waals surface area contributed by atoms with Crippen molar-refractivity contribution in [2.45, 2.75) is 50.3 Å². The maximum atomic E-state index is 12.6. The Labute approximate surface area is 188 Å². The van der Waals surface area contributed by atoms with E-state index in [2.05, 4.69) is 22.5 Å². The van der Waals surface area contributed by atoms with Crippen LogP contribution in [0.3, 0.4) is 0 Å². The minimum Gasteiger partial charge on any atom is -0.368 e. The topological polar surface area (TPSA) is 102 Å². The summed E-state index contributed by atoms with van der Waals surface area (Å²) in [6.07, 6.45) is 1.48. The summed E-state index contributed by atoms with van der Waals surface area (Å²) >= 11 is 0. The molecule has 8 nitrogen and oxygen atoms in total. The Morgan fingerprint density at radius 3 is 2.56 bits per heavy atom. The van der Waals surface area contributed by atoms with Crippen LogP contribution in [-0.2, 0) is 40.9 Å². The fourth-order valence-corrected chi connectivity index (χ4v) is 5.25. The smallest absolute Gasteiger partial charge is 0.242 e. The molecule has 2 N–H and O–H groups in total. The van der Waals surface area contributed by atoms with E-state index in [1.807, 2.05) is 24.3 Å². The van der Waals surface area contributed by atoms with Crippen LogP contribution in [0.15, 0.2) is 47.4 Å². The summed E-state index contributed by atoms with van der Waals surface area (Å²) in [5, 5.41) is 0. The molecule has 1 aromatic heterocycles. The van der Waals surface area contributed by atoms with Crippen LogP contribution < -0.4 is 5.73 Å². The molecule has 170 valence electrons. The summed E-state index contributed by atoms with van der Waals surface area (Å²) in [6.45, 7) is 3.90. The van der Waals surface area contributed by atoms with E-state index in [4.69, 9.17) is 10.7 Å². The average Bonchev–Trinajstić information content (AvgIpc) is 3.09. The molecule has 1 aliphatic rings. The number of benzene rings is 2. The highest BCUT2D eigenvalue weighted by Gasteiger charge is 2.31. The molecule has 0 bridgehead atoms. The van der Waals surface area contributed by atoms with Crippen LogP contribution in [0.1, 0.15) is 30.3 Å². The number of imidazole rings is 1. The lowest BCUT2D eigenvalue weighted by Gasteiger charge is -2.34. The standard InChI is InChI=1S/C23H29N5O3S/c1-4-11-28-20-10-9-18(32(30,31)26(2)3)13-19(20)25-22(28)15-27-14-17-8-6-5-7-16(17)12-21(27)23(24)29/h5-10,13,21H,4,11-12,14-15H2,1-3H3,(H2,24,29). The first-order valence-electron chi connectivity index (χ1n) is 10.7. The van der Waals surface area contributed by atoms with Crippen molar-refractivity contribution in [2.24, 2.45) is 5.73 Å². The molecule has 2 aromatic carbocycles. The number of hydrogen-bond acceptors (Lipinski definition) is 5. The number of nitrogens with two attached hydrogens (primary N) is 1. The van der Waals surface area contributed by atoms with Crippen LogP contribution in [0, 0.1) is 0 Å². The maximum absolute atomic E-state index is 12.6. The molecular weight excluding hydrogens is 426 g/mol. The minimum absolute atomic E-state index is 0.213. The second-order valence-corrected chi connectivity index (χ2v) is 10.6. The first-order valence-corrected chi connectivity index (χ1v) is 12.2. The zero-order chi connectivity index (χ0) is 23.0. The summed E-state index contributed by atoms with van der Waals surface area (Å²) in [5.74, 6) is 0.448. The number of amides is 1. The van der Waals surface area contributed by atoms with Crippen molar-refractivity contribution in [3.05, 3.63) is 59.4 Å². The molecule has 1 unspecified atom stereocenters. The number of carbonyl (C=O) groups is 1. The molecular formula is C23H29N5O3S. The van der Waals surface area contributed by atoms with Gasteiger partial charge in [0.2, 0.25) is 15.9 Å². The highest BCUT2D eigenvalue weighted by molar-refractivity contribution is 7.89. The summed E-state index contributed by atoms with van der Waals surface area (Å²) in [5.41, 5.74) is 9.60. The van der Waals surface area contributed by atoms with Crippen LogP contribution in [0.2, 0.25) is 0 Å². The van der Waals surface area contributed by atoms with Crippen molar-refractivity contribution >= 4 is 27.0 Å². The number of carbonyl (C=O) groups excluding carboxylic acids is 1. The van der Waals surface area contributed by atoms with E-state index >= 15 is 0 Å². The summed E-state index contributed by atoms with van der Waals surface area (Å²) in [4.78, 5) is 19.3. The predicted octanol–water partition coefficient (Wildman–Crippen LogP) is 2.11. The van der Waals surface area contributed by atoms with Gasteiger partial charge in [-0.2, -0.15) is 0 Å². The molecule has 1 amide bonds. The number of rotatable bonds is 7. The lowest BCUT2D eigenvalue weighted by Crippen LogP contribution is -2.48. The van der Waals surface area contributed by atoms with Gasteiger partial charge in [-0.15, -0.1) is 0 Å². The van der Waals surface area contributed by atoms with Crippen molar-refractivity contribution in [3.63, 3.8) is 0 Å². The summed E-state index contributed by atoms with van der Waals surface area (Å²) < 4.78 is 28.5. The maximum Gasteiger partial charge on any atom is 0.242 e. The van der Waals surface area contributed by atoms with E-state index in [1.165, 1.54) is 24.0 Å². The number of primary amides is 1. The fourth-order valence-electron chi connectivity index (χ4n) is 4.33. The van der Waals surface area contributed by atoms with Gasteiger partial charge >= 0.3 is 0 Å². The molecule has 0 fully saturated rings. The number of aryl methyl sites for hydroxylation is 1. The van der Waals surface area contributed by atoms with Gasteiger partial charge in [0.1, 0.15) is 5.82 Å². The van der Waals surface area contributed by atoms with Crippen LogP contribution in [0.5, 0.6) is 0 Å². The number of aromatic nitrogens is 2. The quantitative estimate of drug-likeness (QED) is 0.588. The molecule has 32 heavy (non-hydrogen) atoms. The molecule has 0 saturated heterocycles. The monoisotopic (exact) mass is 455 g/mol. The lowest BCUT2D eigenvalue weighted by atomic mass is 9.93. The van der Waals surface area contributed by atoms with Gasteiger partial charge in [0.15, 0.2) is 0 Å². The van der Waals surface area contributed by atoms with E-state index in [0.29, 0.717) is 25.0 Å². The molecule has 0 radical (unpaired) electrons. The second kappa shape index (κ2) is 8.65. The van der Waals surface area contributed by atoms with Gasteiger partial charge in [-0.3, -0.25) is 9.69 Å². The molecule has 3 aromatic rings. The number of fused-ring (bicyclic) bond motifs is 2. The first kappa shape index (κ1) is 22.4. The van der Waals surface area contributed by atoms with E-state index in [-0.39, 0.29) is 10.8 Å². The summed E-state index contributed by atoms with van der Waals surface area (Å²) in [6, 6.07) is 12.7. The first-order chi connectivity index (χ1) is 15.2. The number of hydrogen-bond donors (Lipinski definition) is 1. The van der Waals surface area contributed by atoms with Gasteiger partial charge in [-0.05, 0) is 42.2 Å². The van der Waals surface area contributed by atoms with Gasteiger partial charge in [0, 0.05) is 27.2 Å². The molecule has 0 saturated carbocycles. The molecule has 0 spiro atoms. The van der Waals surface area contributed by atoms with E-state index in [1.54, 1.807) is 12.1 Å². The van der Waals surface area contributed by atoms with Crippen LogP contribution in [0.4, 0.5) is 0 Å². The molecule has 4 rings (SSSR count). The number of nitrogens with zero attached hydrogens (tertiary/aromatic N) is 4. The third-order valence-corrected chi connectivity index (χ3v) is 7.85. The summed E-state index contributed by atoms with van der Waals surface area (Å²) in [7, 11) is -0.527. The third-order valence-electron chi connectivity index (χ3n) is 6.04. The Hall–Kier alpha value is -2.75. The van der Waals surface area contributed by atoms with Crippen molar-refractivity contribution in [1.82, 2.24) is 18.8 Å². The minimum atomic E-state index is -3.55. The Kier molecular flexibility index (Phi) is 6.07. The highest BCUT2D eigenvalue weighted by atomic mass is 32.2. The van der Waals surface area contributed by atoms with Crippen LogP contribution in [0.25, 0.3) is 11.0 Å². The van der Waals surface area contributed by atoms with Gasteiger partial charge < -0.3 is 10.3 Å². The number of sulfonamides is 1. The Morgan fingerprint density at radius 1 is 1.19 bits per heavy atom. The van der Waals surface area contributed by atoms with Crippen molar-refractivity contribution in [3.8, 4) is 0 Å². The zero-order valence-electron chi connectivity index (χ0n) is 18.7. The van der Waals surface area contributed by atoms with Gasteiger partial charge in [0.25, 0.3) is 0 Å². The average molecular weight is 456 g/mol. The van der Waals surface area contributed by atoms with E-state index in [0.717, 1.165) is 29.9 Å². The Balaban J connectivity index is 1.74. The van der Waals surface area contributed by atoms with Crippen molar-refractivity contribution in [1.29, 1.82) is 0 Å². The Bertz CT molecular complexity index is 1270. The lowest BCUT2D eigenvalue weighted by molar-refractivity contribution is -0.124. The molecule has 0 aliphatic carbocycles. The van der Waals surface area contributed by atoms with Gasteiger partial charge in [-0.25, -0.2) is 17.7 Å². The molecule has 2 heterocycles. The predicted molar refractivity (Wildman–Crippen MR) is 123 cm³/mol. The van der Waals surface area contributed by atoms with Crippen molar-refractivity contribution < 1.29 is 13.2 Å². The van der Waals surface area contributed by atoms with E-state index < -0.39 is 16.1 Å². The van der Waals surface area contributed by atoms with E-state index in [9.17, 15) is 13.2 Å². The second-order valence-electron chi connectivity index (χ2n) is 8.41. The third kappa shape index (κ3) is 4.03. The largest absolute Gasteiger partial charge is 0.368 e. The normalized spacial score (nSPS) is 17.1. The molecule has 9 heteroatoms. The highest BCUT2D eigenvalue weighted by Crippen LogP contribution is 2.27. The van der Waals surface area contributed by atoms with Crippen molar-refractivity contribution in [2.75, 3.05) is 14.1 Å². The van der Waals surface area contributed by atoms with Crippen LogP contribution >= 0.6 is 0 Å². The molecule has 1 atom stereocenters. The zero-order valence-corrected chi connectivity index (χ0v) is 19.5.